The molecule has 0 radical (unpaired) electrons. The van der Waals surface area contributed by atoms with E-state index in [2.05, 4.69) is 41.2 Å². The summed E-state index contributed by atoms with van der Waals surface area (Å²) in [6.45, 7) is 6.43. The lowest BCUT2D eigenvalue weighted by atomic mass is 10.0. The van der Waals surface area contributed by atoms with Gasteiger partial charge >= 0.3 is 0 Å². The molecule has 3 nitrogen and oxygen atoms in total. The number of amides is 1. The monoisotopic (exact) mass is 324 g/mol. The van der Waals surface area contributed by atoms with Gasteiger partial charge in [-0.3, -0.25) is 4.79 Å². The molecule has 1 aliphatic rings. The Balaban J connectivity index is 1.89. The second-order valence-electron chi connectivity index (χ2n) is 5.42. The molecule has 0 spiro atoms. The zero-order chi connectivity index (χ0) is 13.8. The van der Waals surface area contributed by atoms with Gasteiger partial charge in [-0.15, -0.1) is 0 Å². The van der Waals surface area contributed by atoms with E-state index in [0.717, 1.165) is 29.7 Å². The number of rotatable bonds is 3. The van der Waals surface area contributed by atoms with Gasteiger partial charge in [-0.1, -0.05) is 13.0 Å². The molecule has 1 saturated heterocycles. The van der Waals surface area contributed by atoms with E-state index in [0.29, 0.717) is 12.5 Å². The number of halogens is 1. The number of nitrogens with zero attached hydrogens (tertiary/aromatic N) is 1. The molecular formula is C15H21BrN2O. The number of benzene rings is 1. The van der Waals surface area contributed by atoms with Gasteiger partial charge in [-0.2, -0.15) is 0 Å². The van der Waals surface area contributed by atoms with Crippen LogP contribution in [0.3, 0.4) is 0 Å². The molecule has 2 rings (SSSR count). The Morgan fingerprint density at radius 3 is 3.00 bits per heavy atom. The van der Waals surface area contributed by atoms with Crippen molar-refractivity contribution in [1.82, 2.24) is 4.90 Å². The summed E-state index contributed by atoms with van der Waals surface area (Å²) in [5.41, 5.74) is 2.18. The third-order valence-electron chi connectivity index (χ3n) is 3.56. The Labute approximate surface area is 123 Å². The van der Waals surface area contributed by atoms with Gasteiger partial charge in [0.1, 0.15) is 0 Å². The van der Waals surface area contributed by atoms with Crippen LogP contribution in [0.15, 0.2) is 22.7 Å². The van der Waals surface area contributed by atoms with E-state index in [1.165, 1.54) is 12.0 Å². The van der Waals surface area contributed by atoms with E-state index in [9.17, 15) is 4.79 Å². The first-order chi connectivity index (χ1) is 9.06. The van der Waals surface area contributed by atoms with Crippen molar-refractivity contribution in [2.75, 3.05) is 25.0 Å². The minimum absolute atomic E-state index is 0.194. The molecule has 0 aliphatic carbocycles. The first-order valence-electron chi connectivity index (χ1n) is 6.84. The van der Waals surface area contributed by atoms with Gasteiger partial charge < -0.3 is 10.2 Å². The summed E-state index contributed by atoms with van der Waals surface area (Å²) in [4.78, 5) is 14.1. The van der Waals surface area contributed by atoms with E-state index < -0.39 is 0 Å². The van der Waals surface area contributed by atoms with Crippen molar-refractivity contribution in [3.63, 3.8) is 0 Å². The molecule has 1 amide bonds. The summed E-state index contributed by atoms with van der Waals surface area (Å²) in [7, 11) is 0. The normalized spacial score (nSPS) is 19.3. The zero-order valence-electron chi connectivity index (χ0n) is 11.6. The highest BCUT2D eigenvalue weighted by Gasteiger charge is 2.20. The fraction of sp³-hybridized carbons (Fsp3) is 0.533. The number of piperidine rings is 1. The quantitative estimate of drug-likeness (QED) is 0.923. The van der Waals surface area contributed by atoms with Gasteiger partial charge in [0.15, 0.2) is 0 Å². The SMILES string of the molecule is Cc1ccc(NCC(=O)N2CCCC(C)C2)c(Br)c1. The van der Waals surface area contributed by atoms with Crippen LogP contribution in [-0.2, 0) is 4.79 Å². The molecule has 1 heterocycles. The number of carbonyl (C=O) groups is 1. The zero-order valence-corrected chi connectivity index (χ0v) is 13.2. The summed E-state index contributed by atoms with van der Waals surface area (Å²) in [6, 6.07) is 6.10. The number of nitrogens with one attached hydrogen (secondary N) is 1. The molecule has 1 aliphatic heterocycles. The fourth-order valence-corrected chi connectivity index (χ4v) is 3.10. The topological polar surface area (TPSA) is 32.3 Å². The van der Waals surface area contributed by atoms with Crippen LogP contribution in [0.4, 0.5) is 5.69 Å². The van der Waals surface area contributed by atoms with Gasteiger partial charge in [0.05, 0.1) is 6.54 Å². The number of anilines is 1. The van der Waals surface area contributed by atoms with Crippen molar-refractivity contribution >= 4 is 27.5 Å². The number of hydrogen-bond acceptors (Lipinski definition) is 2. The standard InChI is InChI=1S/C15H21BrN2O/c1-11-5-6-14(13(16)8-11)17-9-15(19)18-7-3-4-12(2)10-18/h5-6,8,12,17H,3-4,7,9-10H2,1-2H3. The highest BCUT2D eigenvalue weighted by atomic mass is 79.9. The van der Waals surface area contributed by atoms with Crippen molar-refractivity contribution in [2.45, 2.75) is 26.7 Å². The molecule has 4 heteroatoms. The van der Waals surface area contributed by atoms with Crippen molar-refractivity contribution in [3.05, 3.63) is 28.2 Å². The number of aryl methyl sites for hydroxylation is 1. The van der Waals surface area contributed by atoms with E-state index in [-0.39, 0.29) is 5.91 Å². The lowest BCUT2D eigenvalue weighted by molar-refractivity contribution is -0.130. The number of hydrogen-bond donors (Lipinski definition) is 1. The lowest BCUT2D eigenvalue weighted by Crippen LogP contribution is -2.41. The van der Waals surface area contributed by atoms with Crippen molar-refractivity contribution in [1.29, 1.82) is 0 Å². The predicted molar refractivity (Wildman–Crippen MR) is 82.3 cm³/mol. The maximum absolute atomic E-state index is 12.1. The van der Waals surface area contributed by atoms with Crippen LogP contribution in [0.25, 0.3) is 0 Å². The molecule has 104 valence electrons. The summed E-state index contributed by atoms with van der Waals surface area (Å²) in [6.07, 6.45) is 2.36. The van der Waals surface area contributed by atoms with E-state index in [4.69, 9.17) is 0 Å². The van der Waals surface area contributed by atoms with Crippen LogP contribution in [-0.4, -0.2) is 30.4 Å². The maximum atomic E-state index is 12.1. The third-order valence-corrected chi connectivity index (χ3v) is 4.22. The van der Waals surface area contributed by atoms with Crippen LogP contribution in [0, 0.1) is 12.8 Å². The number of likely N-dealkylation sites (tertiary alicyclic amines) is 1. The molecule has 1 fully saturated rings. The van der Waals surface area contributed by atoms with Crippen molar-refractivity contribution in [2.24, 2.45) is 5.92 Å². The predicted octanol–water partition coefficient (Wildman–Crippen LogP) is 3.43. The summed E-state index contributed by atoms with van der Waals surface area (Å²) >= 11 is 3.52. The molecular weight excluding hydrogens is 304 g/mol. The van der Waals surface area contributed by atoms with Gasteiger partial charge in [0.2, 0.25) is 5.91 Å². The largest absolute Gasteiger partial charge is 0.375 e. The van der Waals surface area contributed by atoms with Crippen LogP contribution in [0.1, 0.15) is 25.3 Å². The molecule has 0 aromatic heterocycles. The maximum Gasteiger partial charge on any atom is 0.241 e. The molecule has 19 heavy (non-hydrogen) atoms. The molecule has 0 saturated carbocycles. The molecule has 1 aromatic carbocycles. The average Bonchev–Trinajstić information content (AvgIpc) is 2.37. The Morgan fingerprint density at radius 2 is 2.32 bits per heavy atom. The average molecular weight is 325 g/mol. The molecule has 0 bridgehead atoms. The highest BCUT2D eigenvalue weighted by Crippen LogP contribution is 2.23. The molecule has 1 aromatic rings. The van der Waals surface area contributed by atoms with Crippen LogP contribution >= 0.6 is 15.9 Å². The Hall–Kier alpha value is -1.03. The van der Waals surface area contributed by atoms with Gasteiger partial charge in [-0.05, 0) is 59.3 Å². The van der Waals surface area contributed by atoms with E-state index in [1.54, 1.807) is 0 Å². The number of carbonyl (C=O) groups excluding carboxylic acids is 1. The fourth-order valence-electron chi connectivity index (χ4n) is 2.46. The Bertz CT molecular complexity index is 461. The van der Waals surface area contributed by atoms with Gasteiger partial charge in [0, 0.05) is 23.2 Å². The Kier molecular flexibility index (Phi) is 4.86. The molecule has 1 atom stereocenters. The van der Waals surface area contributed by atoms with Crippen LogP contribution in [0.2, 0.25) is 0 Å². The Morgan fingerprint density at radius 1 is 1.53 bits per heavy atom. The minimum Gasteiger partial charge on any atom is -0.375 e. The van der Waals surface area contributed by atoms with Gasteiger partial charge in [0.25, 0.3) is 0 Å². The minimum atomic E-state index is 0.194. The van der Waals surface area contributed by atoms with E-state index >= 15 is 0 Å². The van der Waals surface area contributed by atoms with Crippen molar-refractivity contribution in [3.8, 4) is 0 Å². The summed E-state index contributed by atoms with van der Waals surface area (Å²) < 4.78 is 1.01. The molecule has 1 unspecified atom stereocenters. The lowest BCUT2D eigenvalue weighted by Gasteiger charge is -2.31. The first-order valence-corrected chi connectivity index (χ1v) is 7.63. The van der Waals surface area contributed by atoms with Gasteiger partial charge in [-0.25, -0.2) is 0 Å². The smallest absolute Gasteiger partial charge is 0.241 e. The second-order valence-corrected chi connectivity index (χ2v) is 6.28. The third kappa shape index (κ3) is 3.96. The second kappa shape index (κ2) is 6.42. The summed E-state index contributed by atoms with van der Waals surface area (Å²) in [5, 5.41) is 3.21. The first kappa shape index (κ1) is 14.4. The highest BCUT2D eigenvalue weighted by molar-refractivity contribution is 9.10. The van der Waals surface area contributed by atoms with Crippen LogP contribution < -0.4 is 5.32 Å². The molecule has 1 N–H and O–H groups in total. The summed E-state index contributed by atoms with van der Waals surface area (Å²) in [5.74, 6) is 0.822. The van der Waals surface area contributed by atoms with E-state index in [1.807, 2.05) is 17.0 Å². The van der Waals surface area contributed by atoms with Crippen LogP contribution in [0.5, 0.6) is 0 Å². The van der Waals surface area contributed by atoms with Crippen molar-refractivity contribution < 1.29 is 4.79 Å².